The molecule has 1 aliphatic rings. The Morgan fingerprint density at radius 2 is 1.96 bits per heavy atom. The van der Waals surface area contributed by atoms with Gasteiger partial charge < -0.3 is 9.47 Å². The number of hydrogen-bond acceptors (Lipinski definition) is 7. The molecule has 7 nitrogen and oxygen atoms in total. The van der Waals surface area contributed by atoms with Gasteiger partial charge in [0.05, 0.1) is 28.3 Å². The fourth-order valence-electron chi connectivity index (χ4n) is 3.33. The average molecular weight is 390 g/mol. The number of carbonyl (C=O) groups is 3. The summed E-state index contributed by atoms with van der Waals surface area (Å²) in [7, 11) is 1.16. The highest BCUT2D eigenvalue weighted by Gasteiger charge is 2.36. The minimum absolute atomic E-state index is 0.0143. The number of thiazole rings is 1. The number of ether oxygens (including phenoxy) is 2. The first-order valence-electron chi connectivity index (χ1n) is 8.94. The molecule has 1 aliphatic carbocycles. The van der Waals surface area contributed by atoms with Crippen molar-refractivity contribution in [1.82, 2.24) is 10.3 Å². The van der Waals surface area contributed by atoms with E-state index in [-0.39, 0.29) is 11.8 Å². The van der Waals surface area contributed by atoms with Gasteiger partial charge in [-0.1, -0.05) is 25.0 Å². The second kappa shape index (κ2) is 8.47. The molecule has 3 rings (SSSR count). The van der Waals surface area contributed by atoms with Crippen molar-refractivity contribution in [1.29, 1.82) is 0 Å². The summed E-state index contributed by atoms with van der Waals surface area (Å²) in [5.74, 6) is -1.48. The molecule has 0 radical (unpaired) electrons. The molecule has 2 amide bonds. The number of imide groups is 1. The Morgan fingerprint density at radius 3 is 2.70 bits per heavy atom. The van der Waals surface area contributed by atoms with Gasteiger partial charge in [-0.15, -0.1) is 11.3 Å². The minimum Gasteiger partial charge on any atom is -0.453 e. The number of fused-ring (bicyclic) bond motifs is 1. The van der Waals surface area contributed by atoms with Crippen LogP contribution < -0.4 is 5.32 Å². The molecule has 8 heteroatoms. The fraction of sp³-hybridized carbons (Fsp3) is 0.474. The van der Waals surface area contributed by atoms with E-state index in [2.05, 4.69) is 4.74 Å². The minimum atomic E-state index is -1.07. The van der Waals surface area contributed by atoms with Crippen LogP contribution in [0.15, 0.2) is 24.3 Å². The Hall–Kier alpha value is -2.48. The maximum atomic E-state index is 12.7. The molecule has 27 heavy (non-hydrogen) atoms. The standard InChI is InChI=1S/C19H22N2O5S/c1-11(16(22)21-19(24)25-2)26-18(23)13-8-4-3-7-12(13)17-20-14-9-5-6-10-15(14)27-17/h5-6,9-13H,3-4,7-8H2,1-2H3,(H,21,22,24)/t11-,12+,13-/m1/s1. The van der Waals surface area contributed by atoms with Crippen LogP contribution in [-0.4, -0.2) is 36.2 Å². The number of aromatic nitrogens is 1. The molecule has 3 atom stereocenters. The number of carbonyl (C=O) groups excluding carboxylic acids is 3. The van der Waals surface area contributed by atoms with Crippen molar-refractivity contribution in [2.75, 3.05) is 7.11 Å². The Labute approximate surface area is 161 Å². The lowest BCUT2D eigenvalue weighted by molar-refractivity contribution is -0.160. The molecule has 1 aromatic heterocycles. The molecule has 144 valence electrons. The highest BCUT2D eigenvalue weighted by molar-refractivity contribution is 7.18. The fourth-order valence-corrected chi connectivity index (χ4v) is 4.49. The van der Waals surface area contributed by atoms with E-state index >= 15 is 0 Å². The van der Waals surface area contributed by atoms with Crippen LogP contribution in [0.3, 0.4) is 0 Å². The molecular weight excluding hydrogens is 368 g/mol. The van der Waals surface area contributed by atoms with E-state index in [1.165, 1.54) is 6.92 Å². The van der Waals surface area contributed by atoms with Crippen molar-refractivity contribution in [3.05, 3.63) is 29.3 Å². The summed E-state index contributed by atoms with van der Waals surface area (Å²) < 4.78 is 10.8. The van der Waals surface area contributed by atoms with Crippen LogP contribution in [0.5, 0.6) is 0 Å². The van der Waals surface area contributed by atoms with Gasteiger partial charge in [-0.3, -0.25) is 14.9 Å². The van der Waals surface area contributed by atoms with Gasteiger partial charge >= 0.3 is 12.1 Å². The Balaban J connectivity index is 1.71. The van der Waals surface area contributed by atoms with Gasteiger partial charge in [-0.2, -0.15) is 0 Å². The van der Waals surface area contributed by atoms with E-state index in [0.29, 0.717) is 6.42 Å². The van der Waals surface area contributed by atoms with Crippen LogP contribution in [0.25, 0.3) is 10.2 Å². The van der Waals surface area contributed by atoms with Gasteiger partial charge in [-0.25, -0.2) is 9.78 Å². The van der Waals surface area contributed by atoms with Crippen LogP contribution in [0.4, 0.5) is 4.79 Å². The molecular formula is C19H22N2O5S. The second-order valence-electron chi connectivity index (χ2n) is 6.58. The number of methoxy groups -OCH3 is 1. The summed E-state index contributed by atoms with van der Waals surface area (Å²) in [6.07, 6.45) is 1.57. The molecule has 0 spiro atoms. The van der Waals surface area contributed by atoms with E-state index in [1.54, 1.807) is 11.3 Å². The molecule has 2 aromatic rings. The summed E-state index contributed by atoms with van der Waals surface area (Å²) >= 11 is 1.60. The molecule has 1 saturated carbocycles. The van der Waals surface area contributed by atoms with Gasteiger partial charge in [0.2, 0.25) is 0 Å². The number of alkyl carbamates (subject to hydrolysis) is 1. The smallest absolute Gasteiger partial charge is 0.413 e. The van der Waals surface area contributed by atoms with Crippen LogP contribution >= 0.6 is 11.3 Å². The molecule has 1 N–H and O–H groups in total. The Morgan fingerprint density at radius 1 is 1.22 bits per heavy atom. The maximum Gasteiger partial charge on any atom is 0.413 e. The zero-order valence-electron chi connectivity index (χ0n) is 15.3. The molecule has 0 aliphatic heterocycles. The molecule has 1 aromatic carbocycles. The first kappa shape index (κ1) is 19.3. The molecule has 0 unspecified atom stereocenters. The predicted octanol–water partition coefficient (Wildman–Crippen LogP) is 3.38. The van der Waals surface area contributed by atoms with Crippen molar-refractivity contribution in [3.8, 4) is 0 Å². The lowest BCUT2D eigenvalue weighted by Gasteiger charge is -2.29. The lowest BCUT2D eigenvalue weighted by Crippen LogP contribution is -2.41. The zero-order chi connectivity index (χ0) is 19.4. The second-order valence-corrected chi connectivity index (χ2v) is 7.64. The molecule has 1 heterocycles. The SMILES string of the molecule is COC(=O)NC(=O)[C@@H](C)OC(=O)[C@@H]1CCCC[C@@H]1c1nc2ccccc2s1. The van der Waals surface area contributed by atoms with E-state index in [4.69, 9.17) is 9.72 Å². The van der Waals surface area contributed by atoms with Crippen LogP contribution in [0.1, 0.15) is 43.5 Å². The highest BCUT2D eigenvalue weighted by atomic mass is 32.1. The van der Waals surface area contributed by atoms with Crippen molar-refractivity contribution in [3.63, 3.8) is 0 Å². The number of nitrogens with one attached hydrogen (secondary N) is 1. The third-order valence-electron chi connectivity index (χ3n) is 4.77. The summed E-state index contributed by atoms with van der Waals surface area (Å²) in [6, 6.07) is 7.90. The predicted molar refractivity (Wildman–Crippen MR) is 100 cm³/mol. The monoisotopic (exact) mass is 390 g/mol. The van der Waals surface area contributed by atoms with Crippen LogP contribution in [0.2, 0.25) is 0 Å². The number of hydrogen-bond donors (Lipinski definition) is 1. The number of esters is 1. The number of benzene rings is 1. The summed E-state index contributed by atoms with van der Waals surface area (Å²) in [6.45, 7) is 1.44. The maximum absolute atomic E-state index is 12.7. The highest BCUT2D eigenvalue weighted by Crippen LogP contribution is 2.41. The van der Waals surface area contributed by atoms with Crippen molar-refractivity contribution >= 4 is 39.5 Å². The zero-order valence-corrected chi connectivity index (χ0v) is 16.1. The van der Waals surface area contributed by atoms with Gasteiger partial charge in [0.15, 0.2) is 6.10 Å². The van der Waals surface area contributed by atoms with Crippen molar-refractivity contribution < 1.29 is 23.9 Å². The largest absolute Gasteiger partial charge is 0.453 e. The lowest BCUT2D eigenvalue weighted by atomic mass is 9.79. The Kier molecular flexibility index (Phi) is 6.05. The van der Waals surface area contributed by atoms with Crippen molar-refractivity contribution in [2.45, 2.75) is 44.6 Å². The number of nitrogens with zero attached hydrogens (tertiary/aromatic N) is 1. The normalized spacial score (nSPS) is 20.7. The number of amides is 2. The number of para-hydroxylation sites is 1. The summed E-state index contributed by atoms with van der Waals surface area (Å²) in [5.41, 5.74) is 0.931. The molecule has 0 bridgehead atoms. The quantitative estimate of drug-likeness (QED) is 0.804. The molecule has 0 saturated heterocycles. The third kappa shape index (κ3) is 4.44. The van der Waals surface area contributed by atoms with Gasteiger partial charge in [-0.05, 0) is 31.9 Å². The van der Waals surface area contributed by atoms with Gasteiger partial charge in [0.1, 0.15) is 0 Å². The van der Waals surface area contributed by atoms with Crippen LogP contribution in [0, 0.1) is 5.92 Å². The summed E-state index contributed by atoms with van der Waals surface area (Å²) in [5, 5.41) is 2.95. The van der Waals surface area contributed by atoms with Crippen LogP contribution in [-0.2, 0) is 19.1 Å². The first-order valence-corrected chi connectivity index (χ1v) is 9.76. The van der Waals surface area contributed by atoms with E-state index in [0.717, 1.165) is 41.6 Å². The van der Waals surface area contributed by atoms with E-state index in [9.17, 15) is 14.4 Å². The average Bonchev–Trinajstić information content (AvgIpc) is 3.11. The Bertz CT molecular complexity index is 816. The van der Waals surface area contributed by atoms with Gasteiger partial charge in [0.25, 0.3) is 5.91 Å². The number of rotatable bonds is 4. The van der Waals surface area contributed by atoms with E-state index in [1.807, 2.05) is 29.6 Å². The van der Waals surface area contributed by atoms with Crippen molar-refractivity contribution in [2.24, 2.45) is 5.92 Å². The third-order valence-corrected chi connectivity index (χ3v) is 5.94. The first-order chi connectivity index (χ1) is 13.0. The topological polar surface area (TPSA) is 94.6 Å². The summed E-state index contributed by atoms with van der Waals surface area (Å²) in [4.78, 5) is 40.5. The molecule has 1 fully saturated rings. The van der Waals surface area contributed by atoms with E-state index < -0.39 is 24.1 Å². The van der Waals surface area contributed by atoms with Gasteiger partial charge in [0, 0.05) is 5.92 Å².